The van der Waals surface area contributed by atoms with Crippen molar-refractivity contribution in [2.75, 3.05) is 12.8 Å². The molecule has 2 atom stereocenters. The maximum absolute atomic E-state index is 10.4. The molecule has 0 heterocycles. The molecule has 9 heavy (non-hydrogen) atoms. The van der Waals surface area contributed by atoms with Crippen LogP contribution in [0.3, 0.4) is 0 Å². The third-order valence-electron chi connectivity index (χ3n) is 0.953. The van der Waals surface area contributed by atoms with Crippen LogP contribution in [0.25, 0.3) is 0 Å². The lowest BCUT2D eigenvalue weighted by atomic mass is 10.2. The van der Waals surface area contributed by atoms with Crippen LogP contribution in [-0.4, -0.2) is 23.9 Å². The maximum Gasteiger partial charge on any atom is 0.336 e. The molecule has 0 aliphatic rings. The highest BCUT2D eigenvalue weighted by Gasteiger charge is 2.19. The van der Waals surface area contributed by atoms with Crippen LogP contribution in [0.4, 0.5) is 0 Å². The Morgan fingerprint density at radius 1 is 1.78 bits per heavy atom. The summed E-state index contributed by atoms with van der Waals surface area (Å²) in [5, 5.41) is 8.30. The van der Waals surface area contributed by atoms with Gasteiger partial charge in [0.15, 0.2) is 6.16 Å². The molecular weight excluding hydrogens is 139 g/mol. The Hall–Kier alpha value is -0.430. The van der Waals surface area contributed by atoms with Crippen molar-refractivity contribution in [3.8, 4) is 0 Å². The summed E-state index contributed by atoms with van der Waals surface area (Å²) in [6.45, 7) is 3.09. The molecular formula is C5H10O3P+. The molecule has 52 valence electrons. The van der Waals surface area contributed by atoms with Crippen molar-refractivity contribution in [3.63, 3.8) is 0 Å². The lowest BCUT2D eigenvalue weighted by Crippen LogP contribution is -2.11. The summed E-state index contributed by atoms with van der Waals surface area (Å²) in [4.78, 5) is 10.1. The first-order valence-corrected chi connectivity index (χ1v) is 4.54. The Balaban J connectivity index is 3.63. The van der Waals surface area contributed by atoms with E-state index in [2.05, 4.69) is 0 Å². The van der Waals surface area contributed by atoms with Crippen LogP contribution in [0.2, 0.25) is 0 Å². The molecule has 0 amide bonds. The molecule has 0 rings (SSSR count). The lowest BCUT2D eigenvalue weighted by Gasteiger charge is -1.93. The van der Waals surface area contributed by atoms with Gasteiger partial charge in [0.1, 0.15) is 6.66 Å². The van der Waals surface area contributed by atoms with Crippen LogP contribution in [0, 0.1) is 5.92 Å². The Morgan fingerprint density at radius 3 is 2.33 bits per heavy atom. The number of hydrogen-bond donors (Lipinski definition) is 1. The van der Waals surface area contributed by atoms with Crippen LogP contribution in [0.1, 0.15) is 6.92 Å². The van der Waals surface area contributed by atoms with E-state index in [0.717, 1.165) is 0 Å². The summed E-state index contributed by atoms with van der Waals surface area (Å²) in [5.41, 5.74) is 0. The van der Waals surface area contributed by atoms with Crippen molar-refractivity contribution in [3.05, 3.63) is 0 Å². The maximum atomic E-state index is 10.4. The summed E-state index contributed by atoms with van der Waals surface area (Å²) in [6.07, 6.45) is 0.282. The van der Waals surface area contributed by atoms with Gasteiger partial charge in [0, 0.05) is 0 Å². The molecule has 0 aromatic carbocycles. The lowest BCUT2D eigenvalue weighted by molar-refractivity contribution is -0.140. The van der Waals surface area contributed by atoms with Gasteiger partial charge in [0.25, 0.3) is 0 Å². The average Bonchev–Trinajstić information content (AvgIpc) is 1.63. The molecule has 0 spiro atoms. The van der Waals surface area contributed by atoms with E-state index in [9.17, 15) is 9.36 Å². The second-order valence-electron chi connectivity index (χ2n) is 2.05. The zero-order valence-corrected chi connectivity index (χ0v) is 6.39. The summed E-state index contributed by atoms with van der Waals surface area (Å²) in [7, 11) is -1.30. The van der Waals surface area contributed by atoms with Crippen LogP contribution in [0.5, 0.6) is 0 Å². The fraction of sp³-hybridized carbons (Fsp3) is 0.800. The van der Waals surface area contributed by atoms with Crippen LogP contribution >= 0.6 is 7.80 Å². The van der Waals surface area contributed by atoms with Gasteiger partial charge >= 0.3 is 13.8 Å². The van der Waals surface area contributed by atoms with Crippen LogP contribution in [-0.2, 0) is 9.36 Å². The second-order valence-corrected chi connectivity index (χ2v) is 3.67. The summed E-state index contributed by atoms with van der Waals surface area (Å²) in [6, 6.07) is 0. The van der Waals surface area contributed by atoms with Crippen LogP contribution < -0.4 is 0 Å². The number of hydrogen-bond acceptors (Lipinski definition) is 2. The Morgan fingerprint density at radius 2 is 2.22 bits per heavy atom. The van der Waals surface area contributed by atoms with Gasteiger partial charge in [-0.25, -0.2) is 0 Å². The van der Waals surface area contributed by atoms with E-state index >= 15 is 0 Å². The fourth-order valence-electron chi connectivity index (χ4n) is 0.464. The number of aliphatic carboxylic acids is 1. The van der Waals surface area contributed by atoms with Gasteiger partial charge in [-0.15, -0.1) is 0 Å². The quantitative estimate of drug-likeness (QED) is 0.612. The minimum atomic E-state index is -1.30. The zero-order chi connectivity index (χ0) is 7.44. The van der Waals surface area contributed by atoms with Gasteiger partial charge in [0.2, 0.25) is 0 Å². The molecule has 0 aliphatic heterocycles. The SMILES string of the molecule is CC(C[P+](C)=O)C(=O)O. The molecule has 1 N–H and O–H groups in total. The molecule has 0 saturated carbocycles. The highest BCUT2D eigenvalue weighted by atomic mass is 31.1. The highest BCUT2D eigenvalue weighted by Crippen LogP contribution is 2.17. The molecule has 0 fully saturated rings. The first kappa shape index (κ1) is 8.57. The Labute approximate surface area is 54.9 Å². The van der Waals surface area contributed by atoms with E-state index in [-0.39, 0.29) is 6.16 Å². The minimum Gasteiger partial charge on any atom is -0.481 e. The molecule has 0 aromatic heterocycles. The smallest absolute Gasteiger partial charge is 0.336 e. The van der Waals surface area contributed by atoms with E-state index in [0.29, 0.717) is 0 Å². The molecule has 0 radical (unpaired) electrons. The van der Waals surface area contributed by atoms with Crippen LogP contribution in [0.15, 0.2) is 0 Å². The number of carboxylic acid groups (broad SMARTS) is 1. The van der Waals surface area contributed by atoms with Gasteiger partial charge in [0.05, 0.1) is 5.92 Å². The van der Waals surface area contributed by atoms with Gasteiger partial charge in [-0.05, 0) is 6.92 Å². The van der Waals surface area contributed by atoms with Gasteiger partial charge < -0.3 is 5.11 Å². The Bertz CT molecular complexity index is 132. The molecule has 4 heteroatoms. The largest absolute Gasteiger partial charge is 0.481 e. The average molecular weight is 149 g/mol. The third kappa shape index (κ3) is 4.10. The molecule has 2 unspecified atom stereocenters. The van der Waals surface area contributed by atoms with E-state index < -0.39 is 19.7 Å². The van der Waals surface area contributed by atoms with Crippen molar-refractivity contribution in [2.24, 2.45) is 5.92 Å². The zero-order valence-electron chi connectivity index (χ0n) is 5.50. The predicted octanol–water partition coefficient (Wildman–Crippen LogP) is 1.16. The third-order valence-corrected chi connectivity index (χ3v) is 2.01. The molecule has 0 bridgehead atoms. The summed E-state index contributed by atoms with van der Waals surface area (Å²) >= 11 is 0. The van der Waals surface area contributed by atoms with Crippen molar-refractivity contribution in [1.82, 2.24) is 0 Å². The Kier molecular flexibility index (Phi) is 3.40. The molecule has 0 saturated heterocycles. The van der Waals surface area contributed by atoms with Gasteiger partial charge in [-0.2, -0.15) is 0 Å². The van der Waals surface area contributed by atoms with Crippen molar-refractivity contribution >= 4 is 13.8 Å². The topological polar surface area (TPSA) is 54.4 Å². The van der Waals surface area contributed by atoms with Gasteiger partial charge in [-0.1, -0.05) is 4.57 Å². The fourth-order valence-corrected chi connectivity index (χ4v) is 1.39. The monoisotopic (exact) mass is 149 g/mol. The normalized spacial score (nSPS) is 14.7. The molecule has 0 aliphatic carbocycles. The highest BCUT2D eigenvalue weighted by molar-refractivity contribution is 7.43. The molecule has 0 aromatic rings. The van der Waals surface area contributed by atoms with E-state index in [1.54, 1.807) is 6.92 Å². The molecule has 3 nitrogen and oxygen atoms in total. The van der Waals surface area contributed by atoms with Crippen molar-refractivity contribution < 1.29 is 14.5 Å². The van der Waals surface area contributed by atoms with Crippen molar-refractivity contribution in [2.45, 2.75) is 6.92 Å². The second kappa shape index (κ2) is 3.57. The van der Waals surface area contributed by atoms with Crippen molar-refractivity contribution in [1.29, 1.82) is 0 Å². The predicted molar refractivity (Wildman–Crippen MR) is 35.2 cm³/mol. The summed E-state index contributed by atoms with van der Waals surface area (Å²) < 4.78 is 10.4. The minimum absolute atomic E-state index is 0.282. The number of carbonyl (C=O) groups is 1. The summed E-state index contributed by atoms with van der Waals surface area (Å²) in [5.74, 6) is -1.35. The standard InChI is InChI=1S/C5H9O3P/c1-4(5(6)7)3-9(2)8/h4H,3H2,1-2H3/p+1. The van der Waals surface area contributed by atoms with E-state index in [1.165, 1.54) is 6.66 Å². The van der Waals surface area contributed by atoms with Gasteiger partial charge in [-0.3, -0.25) is 4.79 Å². The number of rotatable bonds is 3. The van der Waals surface area contributed by atoms with E-state index in [4.69, 9.17) is 5.11 Å². The van der Waals surface area contributed by atoms with E-state index in [1.807, 2.05) is 0 Å². The first-order valence-electron chi connectivity index (χ1n) is 2.65. The number of carboxylic acids is 1. The first-order chi connectivity index (χ1) is 4.04.